The number of urea groups is 1. The molecule has 0 aliphatic carbocycles. The molecule has 0 fully saturated rings. The first-order chi connectivity index (χ1) is 14.3. The van der Waals surface area contributed by atoms with Gasteiger partial charge in [0.1, 0.15) is 6.20 Å². The van der Waals surface area contributed by atoms with Crippen molar-refractivity contribution in [1.29, 1.82) is 0 Å². The Bertz CT molecular complexity index is 1150. The van der Waals surface area contributed by atoms with Gasteiger partial charge in [-0.25, -0.2) is 9.78 Å². The Labute approximate surface area is 179 Å². The second-order valence-corrected chi connectivity index (χ2v) is 6.66. The van der Waals surface area contributed by atoms with Gasteiger partial charge >= 0.3 is 6.03 Å². The lowest BCUT2D eigenvalue weighted by Crippen LogP contribution is -2.34. The summed E-state index contributed by atoms with van der Waals surface area (Å²) in [5, 5.41) is 25.5. The van der Waals surface area contributed by atoms with Crippen molar-refractivity contribution in [3.8, 4) is 17.0 Å². The van der Waals surface area contributed by atoms with E-state index in [1.54, 1.807) is 12.1 Å². The summed E-state index contributed by atoms with van der Waals surface area (Å²) in [7, 11) is 0. The molecule has 9 nitrogen and oxygen atoms in total. The monoisotopic (exact) mass is 446 g/mol. The lowest BCUT2D eigenvalue weighted by atomic mass is 10.1. The lowest BCUT2D eigenvalue weighted by molar-refractivity contribution is -0.385. The van der Waals surface area contributed by atoms with Crippen LogP contribution in [0.5, 0.6) is 5.75 Å². The van der Waals surface area contributed by atoms with Gasteiger partial charge in [0.2, 0.25) is 0 Å². The second-order valence-electron chi connectivity index (χ2n) is 5.87. The summed E-state index contributed by atoms with van der Waals surface area (Å²) < 4.78 is 0. The van der Waals surface area contributed by atoms with Gasteiger partial charge in [-0.2, -0.15) is 0 Å². The zero-order valence-corrected chi connectivity index (χ0v) is 16.4. The predicted molar refractivity (Wildman–Crippen MR) is 111 cm³/mol. The fraction of sp³-hybridized carbons (Fsp3) is 0. The van der Waals surface area contributed by atoms with Gasteiger partial charge in [-0.05, 0) is 30.3 Å². The Morgan fingerprint density at radius 1 is 1.07 bits per heavy atom. The number of rotatable bonds is 4. The average Bonchev–Trinajstić information content (AvgIpc) is 2.72. The van der Waals surface area contributed by atoms with Crippen LogP contribution in [0.2, 0.25) is 10.0 Å². The van der Waals surface area contributed by atoms with Crippen molar-refractivity contribution in [2.24, 2.45) is 0 Å². The molecular formula is C19H12Cl2N4O5. The summed E-state index contributed by atoms with van der Waals surface area (Å²) in [6, 6.07) is 10.7. The number of anilines is 1. The highest BCUT2D eigenvalue weighted by Gasteiger charge is 2.18. The molecule has 0 radical (unpaired) electrons. The summed E-state index contributed by atoms with van der Waals surface area (Å²) in [6.07, 6.45) is 1.06. The van der Waals surface area contributed by atoms with E-state index in [1.165, 1.54) is 36.4 Å². The number of imide groups is 1. The van der Waals surface area contributed by atoms with Crippen molar-refractivity contribution >= 4 is 46.5 Å². The molecule has 0 aliphatic rings. The quantitative estimate of drug-likeness (QED) is 0.303. The van der Waals surface area contributed by atoms with Crippen LogP contribution < -0.4 is 10.6 Å². The highest BCUT2D eigenvalue weighted by atomic mass is 35.5. The molecule has 3 rings (SSSR count). The van der Waals surface area contributed by atoms with Crippen LogP contribution in [0.3, 0.4) is 0 Å². The van der Waals surface area contributed by atoms with Crippen LogP contribution in [-0.2, 0) is 0 Å². The minimum atomic E-state index is -0.910. The van der Waals surface area contributed by atoms with E-state index in [4.69, 9.17) is 23.2 Å². The molecule has 0 saturated heterocycles. The summed E-state index contributed by atoms with van der Waals surface area (Å²) in [5.74, 6) is -1.19. The maximum absolute atomic E-state index is 12.1. The molecule has 0 spiro atoms. The number of nitro groups is 1. The van der Waals surface area contributed by atoms with Gasteiger partial charge < -0.3 is 10.4 Å². The number of amides is 3. The lowest BCUT2D eigenvalue weighted by Gasteiger charge is -2.12. The van der Waals surface area contributed by atoms with Crippen molar-refractivity contribution in [3.05, 3.63) is 80.5 Å². The standard InChI is InChI=1S/C19H12Cl2N4O5/c20-13-4-2-1-3-11(13)18(27)24-19(28)23-15-8-6-12(16(21)17(15)26)14-7-5-10(9-22-14)25(29)30/h1-9,26H,(H2,23,24,27,28). The van der Waals surface area contributed by atoms with Crippen molar-refractivity contribution in [2.75, 3.05) is 5.32 Å². The number of hydrogen-bond donors (Lipinski definition) is 3. The van der Waals surface area contributed by atoms with E-state index >= 15 is 0 Å². The molecular weight excluding hydrogens is 435 g/mol. The van der Waals surface area contributed by atoms with Gasteiger partial charge in [-0.1, -0.05) is 35.3 Å². The maximum Gasteiger partial charge on any atom is 0.326 e. The number of carbonyl (C=O) groups excluding carboxylic acids is 2. The summed E-state index contributed by atoms with van der Waals surface area (Å²) in [5.41, 5.74) is 0.427. The molecule has 30 heavy (non-hydrogen) atoms. The van der Waals surface area contributed by atoms with E-state index < -0.39 is 22.6 Å². The predicted octanol–water partition coefficient (Wildman–Crippen LogP) is 4.63. The van der Waals surface area contributed by atoms with Crippen LogP contribution >= 0.6 is 23.2 Å². The number of phenolic OH excluding ortho intramolecular Hbond substituents is 1. The third-order valence-corrected chi connectivity index (χ3v) is 4.66. The average molecular weight is 447 g/mol. The zero-order valence-electron chi connectivity index (χ0n) is 14.9. The first-order valence-electron chi connectivity index (χ1n) is 8.27. The van der Waals surface area contributed by atoms with Crippen molar-refractivity contribution in [2.45, 2.75) is 0 Å². The highest BCUT2D eigenvalue weighted by Crippen LogP contribution is 2.39. The second kappa shape index (κ2) is 8.76. The van der Waals surface area contributed by atoms with Crippen LogP contribution in [0.4, 0.5) is 16.2 Å². The molecule has 152 valence electrons. The molecule has 3 aromatic rings. The minimum Gasteiger partial charge on any atom is -0.504 e. The first kappa shape index (κ1) is 21.0. The van der Waals surface area contributed by atoms with E-state index in [2.05, 4.69) is 15.6 Å². The smallest absolute Gasteiger partial charge is 0.326 e. The van der Waals surface area contributed by atoms with Gasteiger partial charge in [-0.3, -0.25) is 20.2 Å². The van der Waals surface area contributed by atoms with E-state index in [0.717, 1.165) is 6.20 Å². The fourth-order valence-electron chi connectivity index (χ4n) is 2.49. The Morgan fingerprint density at radius 2 is 1.80 bits per heavy atom. The largest absolute Gasteiger partial charge is 0.504 e. The molecule has 0 aliphatic heterocycles. The fourth-order valence-corrected chi connectivity index (χ4v) is 2.97. The molecule has 3 amide bonds. The van der Waals surface area contributed by atoms with Crippen molar-refractivity contribution in [3.63, 3.8) is 0 Å². The molecule has 0 saturated carbocycles. The third-order valence-electron chi connectivity index (χ3n) is 3.94. The third kappa shape index (κ3) is 4.48. The van der Waals surface area contributed by atoms with Crippen LogP contribution in [0.1, 0.15) is 10.4 Å². The van der Waals surface area contributed by atoms with Gasteiger partial charge in [-0.15, -0.1) is 0 Å². The van der Waals surface area contributed by atoms with E-state index in [-0.39, 0.29) is 32.7 Å². The number of pyridine rings is 1. The Kier molecular flexibility index (Phi) is 6.14. The molecule has 1 heterocycles. The molecule has 0 atom stereocenters. The normalized spacial score (nSPS) is 10.3. The Balaban J connectivity index is 1.77. The van der Waals surface area contributed by atoms with Crippen LogP contribution in [0.15, 0.2) is 54.7 Å². The van der Waals surface area contributed by atoms with Crippen molar-refractivity contribution < 1.29 is 19.6 Å². The highest BCUT2D eigenvalue weighted by molar-refractivity contribution is 6.35. The SMILES string of the molecule is O=C(NC(=O)c1ccccc1Cl)Nc1ccc(-c2ccc([N+](=O)[O-])cn2)c(Cl)c1O. The number of aromatic hydroxyl groups is 1. The summed E-state index contributed by atoms with van der Waals surface area (Å²) >= 11 is 12.1. The zero-order chi connectivity index (χ0) is 21.8. The number of hydrogen-bond acceptors (Lipinski definition) is 6. The molecule has 3 N–H and O–H groups in total. The van der Waals surface area contributed by atoms with Crippen LogP contribution in [-0.4, -0.2) is 27.0 Å². The van der Waals surface area contributed by atoms with Crippen molar-refractivity contribution in [1.82, 2.24) is 10.3 Å². The van der Waals surface area contributed by atoms with Gasteiger partial charge in [0.05, 0.1) is 31.9 Å². The Morgan fingerprint density at radius 3 is 2.43 bits per heavy atom. The number of halogens is 2. The number of benzene rings is 2. The van der Waals surface area contributed by atoms with Gasteiger partial charge in [0.15, 0.2) is 5.75 Å². The molecule has 2 aromatic carbocycles. The summed E-state index contributed by atoms with van der Waals surface area (Å²) in [4.78, 5) is 38.3. The van der Waals surface area contributed by atoms with E-state index in [0.29, 0.717) is 5.56 Å². The number of carbonyl (C=O) groups is 2. The Hall–Kier alpha value is -3.69. The first-order valence-corrected chi connectivity index (χ1v) is 9.02. The van der Waals surface area contributed by atoms with Gasteiger partial charge in [0, 0.05) is 11.6 Å². The minimum absolute atomic E-state index is 0.0601. The number of nitrogens with zero attached hydrogens (tertiary/aromatic N) is 2. The maximum atomic E-state index is 12.1. The molecule has 0 unspecified atom stereocenters. The van der Waals surface area contributed by atoms with E-state index in [9.17, 15) is 24.8 Å². The van der Waals surface area contributed by atoms with Crippen LogP contribution in [0, 0.1) is 10.1 Å². The molecule has 11 heteroatoms. The molecule has 1 aromatic heterocycles. The number of phenols is 1. The molecule has 0 bridgehead atoms. The number of aromatic nitrogens is 1. The number of nitrogens with one attached hydrogen (secondary N) is 2. The summed E-state index contributed by atoms with van der Waals surface area (Å²) in [6.45, 7) is 0. The van der Waals surface area contributed by atoms with Gasteiger partial charge in [0.25, 0.3) is 11.6 Å². The van der Waals surface area contributed by atoms with E-state index in [1.807, 2.05) is 0 Å². The van der Waals surface area contributed by atoms with Crippen LogP contribution in [0.25, 0.3) is 11.3 Å². The topological polar surface area (TPSA) is 134 Å².